The lowest BCUT2D eigenvalue weighted by Crippen LogP contribution is -3.08. The molecule has 0 aliphatic heterocycles. The van der Waals surface area contributed by atoms with Gasteiger partial charge in [-0.1, -0.05) is 24.8 Å². The molecule has 25 heavy (non-hydrogen) atoms. The van der Waals surface area contributed by atoms with Crippen LogP contribution in [0.3, 0.4) is 0 Å². The van der Waals surface area contributed by atoms with Gasteiger partial charge in [0.15, 0.2) is 6.54 Å². The molecule has 0 fully saturated rings. The first-order valence-corrected chi connectivity index (χ1v) is 9.41. The molecule has 2 aromatic rings. The first-order valence-electron chi connectivity index (χ1n) is 8.19. The van der Waals surface area contributed by atoms with Crippen LogP contribution in [0, 0.1) is 0 Å². The van der Waals surface area contributed by atoms with Crippen LogP contribution in [0.2, 0.25) is 0 Å². The molecule has 5 heteroatoms. The molecule has 1 atom stereocenters. The van der Waals surface area contributed by atoms with Crippen LogP contribution in [0.25, 0.3) is 0 Å². The topological polar surface area (TPSA) is 42.8 Å². The first kappa shape index (κ1) is 19.1. The van der Waals surface area contributed by atoms with Gasteiger partial charge in [-0.2, -0.15) is 0 Å². The maximum absolute atomic E-state index is 12.3. The number of amides is 1. The highest BCUT2D eigenvalue weighted by Gasteiger charge is 2.12. The van der Waals surface area contributed by atoms with Gasteiger partial charge in [0, 0.05) is 10.5 Å². The Bertz CT molecular complexity index is 701. The summed E-state index contributed by atoms with van der Waals surface area (Å²) < 4.78 is 5.48. The van der Waals surface area contributed by atoms with Crippen molar-refractivity contribution >= 4 is 23.4 Å². The van der Waals surface area contributed by atoms with Crippen LogP contribution in [-0.4, -0.2) is 32.4 Å². The van der Waals surface area contributed by atoms with Gasteiger partial charge in [-0.05, 0) is 42.7 Å². The molecule has 2 rings (SSSR count). The van der Waals surface area contributed by atoms with Gasteiger partial charge in [0.05, 0.1) is 12.7 Å². The Balaban J connectivity index is 1.85. The van der Waals surface area contributed by atoms with E-state index < -0.39 is 0 Å². The molecule has 0 saturated carbocycles. The second-order valence-electron chi connectivity index (χ2n) is 5.80. The number of carbonyl (C=O) groups is 1. The van der Waals surface area contributed by atoms with E-state index in [4.69, 9.17) is 4.74 Å². The minimum Gasteiger partial charge on any atom is -0.490 e. The fourth-order valence-corrected chi connectivity index (χ4v) is 3.04. The number of para-hydroxylation sites is 1. The number of anilines is 1. The molecule has 0 aliphatic carbocycles. The number of thioether (sulfide) groups is 1. The maximum Gasteiger partial charge on any atom is 0.279 e. The molecule has 1 amide bonds. The molecule has 132 valence electrons. The quantitative estimate of drug-likeness (QED) is 0.536. The van der Waals surface area contributed by atoms with Crippen molar-refractivity contribution in [1.82, 2.24) is 0 Å². The van der Waals surface area contributed by atoms with E-state index in [1.807, 2.05) is 61.8 Å². The van der Waals surface area contributed by atoms with Crippen molar-refractivity contribution < 1.29 is 14.4 Å². The highest BCUT2D eigenvalue weighted by molar-refractivity contribution is 7.98. The lowest BCUT2D eigenvalue weighted by Gasteiger charge is -2.15. The Hall–Kier alpha value is -2.24. The molecule has 0 aromatic heterocycles. The predicted octanol–water partition coefficient (Wildman–Crippen LogP) is 2.63. The van der Waals surface area contributed by atoms with Gasteiger partial charge in [-0.15, -0.1) is 11.8 Å². The Morgan fingerprint density at radius 1 is 1.24 bits per heavy atom. The fraction of sp³-hybridized carbons (Fsp3) is 0.250. The van der Waals surface area contributed by atoms with E-state index in [1.165, 1.54) is 5.56 Å². The number of hydrogen-bond acceptors (Lipinski definition) is 3. The number of ether oxygens (including phenoxy) is 1. The summed E-state index contributed by atoms with van der Waals surface area (Å²) in [4.78, 5) is 14.5. The predicted molar refractivity (Wildman–Crippen MR) is 104 cm³/mol. The Morgan fingerprint density at radius 2 is 1.96 bits per heavy atom. The molecule has 2 N–H and O–H groups in total. The van der Waals surface area contributed by atoms with Crippen molar-refractivity contribution in [2.24, 2.45) is 0 Å². The Labute approximate surface area is 153 Å². The van der Waals surface area contributed by atoms with Crippen LogP contribution in [-0.2, 0) is 11.3 Å². The van der Waals surface area contributed by atoms with Crippen molar-refractivity contribution in [3.05, 3.63) is 66.7 Å². The maximum atomic E-state index is 12.3. The molecular weight excluding hydrogens is 332 g/mol. The summed E-state index contributed by atoms with van der Waals surface area (Å²) in [5, 5.41) is 3.00. The standard InChI is InChI=1S/C20H24N2O2S/c1-4-13-24-17-11-9-16(10-12-17)14-22(2)15-20(23)21-18-7-5-6-8-19(18)25-3/h4-12H,1,13-15H2,2-3H3,(H,21,23)/p+1. The van der Waals surface area contributed by atoms with Gasteiger partial charge in [0.2, 0.25) is 0 Å². The zero-order valence-electron chi connectivity index (χ0n) is 14.7. The zero-order chi connectivity index (χ0) is 18.1. The third kappa shape index (κ3) is 6.29. The summed E-state index contributed by atoms with van der Waals surface area (Å²) in [5.41, 5.74) is 2.04. The summed E-state index contributed by atoms with van der Waals surface area (Å²) in [6, 6.07) is 15.8. The number of carbonyl (C=O) groups excluding carboxylic acids is 1. The van der Waals surface area contributed by atoms with Crippen molar-refractivity contribution in [2.75, 3.05) is 31.8 Å². The van der Waals surface area contributed by atoms with Gasteiger partial charge in [0.25, 0.3) is 5.91 Å². The molecule has 2 aromatic carbocycles. The normalized spacial score (nSPS) is 11.6. The van der Waals surface area contributed by atoms with E-state index in [1.54, 1.807) is 17.8 Å². The number of rotatable bonds is 9. The summed E-state index contributed by atoms with van der Waals surface area (Å²) in [6.45, 7) is 5.33. The lowest BCUT2D eigenvalue weighted by molar-refractivity contribution is -0.885. The van der Waals surface area contributed by atoms with E-state index in [2.05, 4.69) is 11.9 Å². The van der Waals surface area contributed by atoms with Gasteiger partial charge >= 0.3 is 0 Å². The molecule has 0 spiro atoms. The molecule has 1 unspecified atom stereocenters. The average molecular weight is 357 g/mol. The van der Waals surface area contributed by atoms with Gasteiger partial charge < -0.3 is 15.0 Å². The second kappa shape index (κ2) is 9.91. The smallest absolute Gasteiger partial charge is 0.279 e. The van der Waals surface area contributed by atoms with Crippen LogP contribution in [0.15, 0.2) is 66.1 Å². The number of hydrogen-bond donors (Lipinski definition) is 2. The molecule has 0 radical (unpaired) electrons. The SMILES string of the molecule is C=CCOc1ccc(C[NH+](C)CC(=O)Nc2ccccc2SC)cc1. The summed E-state index contributed by atoms with van der Waals surface area (Å²) >= 11 is 1.63. The van der Waals surface area contributed by atoms with Gasteiger partial charge in [-0.25, -0.2) is 0 Å². The summed E-state index contributed by atoms with van der Waals surface area (Å²) in [7, 11) is 2.02. The molecular formula is C20H25N2O2S+. The monoisotopic (exact) mass is 357 g/mol. The molecule has 0 heterocycles. The largest absolute Gasteiger partial charge is 0.490 e. The van der Waals surface area contributed by atoms with Crippen molar-refractivity contribution in [3.63, 3.8) is 0 Å². The summed E-state index contributed by atoms with van der Waals surface area (Å²) in [5.74, 6) is 0.845. The molecule has 0 bridgehead atoms. The highest BCUT2D eigenvalue weighted by Crippen LogP contribution is 2.24. The first-order chi connectivity index (χ1) is 12.1. The number of likely N-dealkylation sites (N-methyl/N-ethyl adjacent to an activating group) is 1. The Kier molecular flexibility index (Phi) is 7.57. The van der Waals surface area contributed by atoms with Crippen molar-refractivity contribution in [2.45, 2.75) is 11.4 Å². The number of nitrogens with one attached hydrogen (secondary N) is 2. The van der Waals surface area contributed by atoms with E-state index >= 15 is 0 Å². The van der Waals surface area contributed by atoms with Crippen LogP contribution in [0.5, 0.6) is 5.75 Å². The third-order valence-electron chi connectivity index (χ3n) is 3.64. The van der Waals surface area contributed by atoms with Crippen molar-refractivity contribution in [1.29, 1.82) is 0 Å². The summed E-state index contributed by atoms with van der Waals surface area (Å²) in [6.07, 6.45) is 3.73. The minimum absolute atomic E-state index is 0.0185. The molecule has 0 aliphatic rings. The van der Waals surface area contributed by atoms with E-state index in [0.29, 0.717) is 13.2 Å². The highest BCUT2D eigenvalue weighted by atomic mass is 32.2. The molecule has 4 nitrogen and oxygen atoms in total. The minimum atomic E-state index is 0.0185. The van der Waals surface area contributed by atoms with E-state index in [-0.39, 0.29) is 5.91 Å². The zero-order valence-corrected chi connectivity index (χ0v) is 15.6. The van der Waals surface area contributed by atoms with Gasteiger partial charge in [0.1, 0.15) is 18.9 Å². The van der Waals surface area contributed by atoms with Crippen LogP contribution >= 0.6 is 11.8 Å². The number of quaternary nitrogens is 1. The van der Waals surface area contributed by atoms with Crippen LogP contribution < -0.4 is 15.0 Å². The third-order valence-corrected chi connectivity index (χ3v) is 4.44. The lowest BCUT2D eigenvalue weighted by atomic mass is 10.2. The fourth-order valence-electron chi connectivity index (χ4n) is 2.49. The van der Waals surface area contributed by atoms with Crippen LogP contribution in [0.4, 0.5) is 5.69 Å². The Morgan fingerprint density at radius 3 is 2.64 bits per heavy atom. The second-order valence-corrected chi connectivity index (χ2v) is 6.65. The van der Waals surface area contributed by atoms with Crippen LogP contribution in [0.1, 0.15) is 5.56 Å². The molecule has 0 saturated heterocycles. The van der Waals surface area contributed by atoms with Crippen molar-refractivity contribution in [3.8, 4) is 5.75 Å². The average Bonchev–Trinajstić information content (AvgIpc) is 2.61. The van der Waals surface area contributed by atoms with E-state index in [9.17, 15) is 4.79 Å². The number of benzene rings is 2. The van der Waals surface area contributed by atoms with E-state index in [0.717, 1.165) is 27.8 Å². The van der Waals surface area contributed by atoms with Gasteiger partial charge in [-0.3, -0.25) is 4.79 Å².